The van der Waals surface area contributed by atoms with E-state index in [1.165, 1.54) is 38.5 Å². The molecule has 0 aromatic heterocycles. The maximum absolute atomic E-state index is 11.3. The van der Waals surface area contributed by atoms with E-state index < -0.39 is 30.5 Å². The number of aliphatic hydroxyl groups excluding tert-OH is 3. The van der Waals surface area contributed by atoms with Crippen LogP contribution in [0.25, 0.3) is 0 Å². The van der Waals surface area contributed by atoms with Crippen molar-refractivity contribution in [1.82, 2.24) is 0 Å². The highest BCUT2D eigenvalue weighted by Crippen LogP contribution is 2.25. The summed E-state index contributed by atoms with van der Waals surface area (Å²) >= 11 is 0. The Kier molecular flexibility index (Phi) is 9.71. The van der Waals surface area contributed by atoms with Crippen molar-refractivity contribution in [2.24, 2.45) is 0 Å². The molecular formula is C17H30O6. The first kappa shape index (κ1) is 19.8. The fraction of sp³-hybridized carbons (Fsp3) is 0.824. The molecule has 0 saturated carbocycles. The van der Waals surface area contributed by atoms with Gasteiger partial charge in [-0.15, -0.1) is 0 Å². The number of esters is 1. The number of rotatable bonds is 13. The summed E-state index contributed by atoms with van der Waals surface area (Å²) in [5, 5.41) is 28.1. The lowest BCUT2D eigenvalue weighted by Crippen LogP contribution is -2.32. The minimum absolute atomic E-state index is 0.0730. The van der Waals surface area contributed by atoms with Crippen LogP contribution in [-0.2, 0) is 14.3 Å². The van der Waals surface area contributed by atoms with Crippen molar-refractivity contribution < 1.29 is 29.6 Å². The molecule has 0 amide bonds. The summed E-state index contributed by atoms with van der Waals surface area (Å²) in [5.41, 5.74) is 0. The topological polar surface area (TPSA) is 96.2 Å². The molecule has 0 bridgehead atoms. The van der Waals surface area contributed by atoms with Gasteiger partial charge in [-0.3, -0.25) is 0 Å². The van der Waals surface area contributed by atoms with Crippen LogP contribution in [0.1, 0.15) is 64.7 Å². The Balaban J connectivity index is 2.15. The van der Waals surface area contributed by atoms with Gasteiger partial charge in [-0.2, -0.15) is 0 Å². The summed E-state index contributed by atoms with van der Waals surface area (Å²) in [7, 11) is 0. The number of carbonyl (C=O) groups excluding carboxylic acids is 1. The first-order chi connectivity index (χ1) is 11.1. The summed E-state index contributed by atoms with van der Waals surface area (Å²) in [6.07, 6.45) is 8.22. The van der Waals surface area contributed by atoms with E-state index in [0.29, 0.717) is 6.61 Å². The molecule has 6 heteroatoms. The highest BCUT2D eigenvalue weighted by Gasteiger charge is 2.40. The lowest BCUT2D eigenvalue weighted by Gasteiger charge is -2.18. The molecule has 6 nitrogen and oxygen atoms in total. The van der Waals surface area contributed by atoms with Crippen molar-refractivity contribution in [2.45, 2.75) is 76.9 Å². The molecule has 0 fully saturated rings. The van der Waals surface area contributed by atoms with E-state index in [2.05, 4.69) is 6.92 Å². The third-order valence-corrected chi connectivity index (χ3v) is 3.96. The highest BCUT2D eigenvalue weighted by atomic mass is 16.6. The predicted molar refractivity (Wildman–Crippen MR) is 85.8 cm³/mol. The second kappa shape index (κ2) is 11.3. The third kappa shape index (κ3) is 6.79. The first-order valence-electron chi connectivity index (χ1n) is 8.67. The third-order valence-electron chi connectivity index (χ3n) is 3.96. The molecule has 1 heterocycles. The molecule has 0 radical (unpaired) electrons. The van der Waals surface area contributed by atoms with E-state index in [4.69, 9.17) is 14.6 Å². The lowest BCUT2D eigenvalue weighted by molar-refractivity contribution is -0.148. The maximum atomic E-state index is 11.3. The monoisotopic (exact) mass is 330 g/mol. The fourth-order valence-electron chi connectivity index (χ4n) is 2.55. The normalized spacial score (nSPS) is 19.1. The van der Waals surface area contributed by atoms with Crippen molar-refractivity contribution >= 4 is 5.97 Å². The smallest absolute Gasteiger partial charge is 0.378 e. The zero-order chi connectivity index (χ0) is 17.1. The van der Waals surface area contributed by atoms with E-state index in [1.54, 1.807) is 0 Å². The second-order valence-corrected chi connectivity index (χ2v) is 5.97. The number of unbranched alkanes of at least 4 members (excludes halogenated alkanes) is 8. The van der Waals surface area contributed by atoms with Gasteiger partial charge >= 0.3 is 5.97 Å². The van der Waals surface area contributed by atoms with E-state index in [1.807, 2.05) is 0 Å². The molecule has 2 unspecified atom stereocenters. The van der Waals surface area contributed by atoms with Crippen LogP contribution in [0.3, 0.4) is 0 Å². The number of cyclic esters (lactones) is 1. The average Bonchev–Trinajstić information content (AvgIpc) is 2.84. The van der Waals surface area contributed by atoms with Crippen LogP contribution in [0.15, 0.2) is 11.5 Å². The van der Waals surface area contributed by atoms with Gasteiger partial charge in [0.25, 0.3) is 0 Å². The molecule has 134 valence electrons. The van der Waals surface area contributed by atoms with Gasteiger partial charge in [-0.05, 0) is 6.42 Å². The molecule has 1 aliphatic heterocycles. The van der Waals surface area contributed by atoms with Crippen LogP contribution in [-0.4, -0.2) is 46.7 Å². The minimum atomic E-state index is -1.29. The summed E-state index contributed by atoms with van der Waals surface area (Å²) in [6.45, 7) is 1.98. The number of hydrogen-bond donors (Lipinski definition) is 3. The van der Waals surface area contributed by atoms with E-state index >= 15 is 0 Å². The standard InChI is InChI=1S/C17H30O6/c1-2-3-4-5-6-7-8-9-10-11-22-16-14(20)17(21)23-15(16)13(19)12-18/h13,15,18-20H,2-12H2,1H3. The Bertz CT molecular complexity index is 379. The van der Waals surface area contributed by atoms with Crippen molar-refractivity contribution in [2.75, 3.05) is 13.2 Å². The Hall–Kier alpha value is -1.27. The maximum Gasteiger partial charge on any atom is 0.378 e. The summed E-state index contributed by atoms with van der Waals surface area (Å²) < 4.78 is 10.2. The van der Waals surface area contributed by atoms with Crippen molar-refractivity contribution in [3.05, 3.63) is 11.5 Å². The molecular weight excluding hydrogens is 300 g/mol. The molecule has 3 N–H and O–H groups in total. The molecule has 2 atom stereocenters. The van der Waals surface area contributed by atoms with E-state index in [9.17, 15) is 15.0 Å². The molecule has 23 heavy (non-hydrogen) atoms. The number of carbonyl (C=O) groups is 1. The fourth-order valence-corrected chi connectivity index (χ4v) is 2.55. The Morgan fingerprint density at radius 3 is 2.22 bits per heavy atom. The Morgan fingerprint density at radius 1 is 1.09 bits per heavy atom. The summed E-state index contributed by atoms with van der Waals surface area (Å²) in [5.74, 6) is -1.61. The van der Waals surface area contributed by atoms with Gasteiger partial charge in [0.15, 0.2) is 11.9 Å². The van der Waals surface area contributed by atoms with Gasteiger partial charge in [0.2, 0.25) is 5.76 Å². The number of aliphatic hydroxyl groups is 3. The first-order valence-corrected chi connectivity index (χ1v) is 8.67. The lowest BCUT2D eigenvalue weighted by atomic mass is 10.1. The van der Waals surface area contributed by atoms with Gasteiger partial charge in [0, 0.05) is 0 Å². The quantitative estimate of drug-likeness (QED) is 0.355. The molecule has 0 aliphatic carbocycles. The van der Waals surface area contributed by atoms with Crippen LogP contribution < -0.4 is 0 Å². The molecule has 0 aromatic rings. The predicted octanol–water partition coefficient (Wildman–Crippen LogP) is 2.58. The number of ether oxygens (including phenoxy) is 2. The van der Waals surface area contributed by atoms with Crippen molar-refractivity contribution in [3.63, 3.8) is 0 Å². The van der Waals surface area contributed by atoms with E-state index in [-0.39, 0.29) is 5.76 Å². The van der Waals surface area contributed by atoms with E-state index in [0.717, 1.165) is 19.3 Å². The van der Waals surface area contributed by atoms with Crippen LogP contribution >= 0.6 is 0 Å². The summed E-state index contributed by atoms with van der Waals surface area (Å²) in [4.78, 5) is 11.3. The van der Waals surface area contributed by atoms with Crippen LogP contribution in [0.2, 0.25) is 0 Å². The van der Waals surface area contributed by atoms with Gasteiger partial charge in [0.05, 0.1) is 13.2 Å². The highest BCUT2D eigenvalue weighted by molar-refractivity contribution is 5.89. The molecule has 0 spiro atoms. The van der Waals surface area contributed by atoms with Crippen LogP contribution in [0.5, 0.6) is 0 Å². The molecule has 0 saturated heterocycles. The zero-order valence-electron chi connectivity index (χ0n) is 14.0. The Labute approximate surface area is 138 Å². The molecule has 1 rings (SSSR count). The zero-order valence-corrected chi connectivity index (χ0v) is 14.0. The van der Waals surface area contributed by atoms with Gasteiger partial charge in [-0.1, -0.05) is 58.3 Å². The van der Waals surface area contributed by atoms with Gasteiger partial charge in [-0.25, -0.2) is 4.79 Å². The molecule has 1 aliphatic rings. The second-order valence-electron chi connectivity index (χ2n) is 5.97. The minimum Gasteiger partial charge on any atom is -0.499 e. The van der Waals surface area contributed by atoms with Crippen molar-refractivity contribution in [1.29, 1.82) is 0 Å². The largest absolute Gasteiger partial charge is 0.499 e. The summed E-state index contributed by atoms with van der Waals surface area (Å²) in [6, 6.07) is 0. The van der Waals surface area contributed by atoms with Crippen LogP contribution in [0.4, 0.5) is 0 Å². The average molecular weight is 330 g/mol. The molecule has 0 aromatic carbocycles. The SMILES string of the molecule is CCCCCCCCCCCOC1=C(O)C(=O)OC1C(O)CO. The van der Waals surface area contributed by atoms with Crippen LogP contribution in [0, 0.1) is 0 Å². The Morgan fingerprint density at radius 2 is 1.65 bits per heavy atom. The van der Waals surface area contributed by atoms with Gasteiger partial charge < -0.3 is 24.8 Å². The van der Waals surface area contributed by atoms with Gasteiger partial charge in [0.1, 0.15) is 6.10 Å². The van der Waals surface area contributed by atoms with Crippen molar-refractivity contribution in [3.8, 4) is 0 Å². The number of hydrogen-bond acceptors (Lipinski definition) is 6.